The van der Waals surface area contributed by atoms with Crippen LogP contribution < -0.4 is 0 Å². The molecular formula is C13H14BrFO3. The van der Waals surface area contributed by atoms with Gasteiger partial charge in [0, 0.05) is 6.61 Å². The Morgan fingerprint density at radius 1 is 1.67 bits per heavy atom. The fraction of sp³-hybridized carbons (Fsp3) is 0.462. The zero-order valence-corrected chi connectivity index (χ0v) is 11.5. The Morgan fingerprint density at radius 2 is 2.39 bits per heavy atom. The second-order valence-corrected chi connectivity index (χ2v) is 5.50. The zero-order chi connectivity index (χ0) is 13.3. The molecule has 1 fully saturated rings. The zero-order valence-electron chi connectivity index (χ0n) is 9.95. The number of hydrogen-bond donors (Lipinski definition) is 1. The molecule has 1 heterocycles. The van der Waals surface area contributed by atoms with Crippen LogP contribution in [0, 0.1) is 11.2 Å². The van der Waals surface area contributed by atoms with Gasteiger partial charge in [-0.3, -0.25) is 4.79 Å². The van der Waals surface area contributed by atoms with Crippen molar-refractivity contribution >= 4 is 21.9 Å². The van der Waals surface area contributed by atoms with E-state index in [9.17, 15) is 14.3 Å². The van der Waals surface area contributed by atoms with Crippen LogP contribution in [0.2, 0.25) is 0 Å². The number of aliphatic carboxylic acids is 1. The van der Waals surface area contributed by atoms with Crippen LogP contribution in [0.25, 0.3) is 0 Å². The number of carboxylic acids is 1. The normalized spacial score (nSPS) is 27.4. The predicted octanol–water partition coefficient (Wildman–Crippen LogP) is 3.01. The van der Waals surface area contributed by atoms with Gasteiger partial charge in [0.05, 0.1) is 16.0 Å². The molecule has 0 aromatic heterocycles. The lowest BCUT2D eigenvalue weighted by Crippen LogP contribution is -2.39. The number of ether oxygens (including phenoxy) is 1. The first-order valence-corrected chi connectivity index (χ1v) is 6.54. The Hall–Kier alpha value is -0.940. The van der Waals surface area contributed by atoms with Gasteiger partial charge < -0.3 is 9.84 Å². The van der Waals surface area contributed by atoms with Crippen molar-refractivity contribution in [2.45, 2.75) is 25.9 Å². The lowest BCUT2D eigenvalue weighted by Gasteiger charge is -2.27. The topological polar surface area (TPSA) is 46.5 Å². The maximum absolute atomic E-state index is 13.2. The molecule has 0 radical (unpaired) electrons. The molecule has 2 rings (SSSR count). The van der Waals surface area contributed by atoms with Gasteiger partial charge in [-0.05, 0) is 53.4 Å². The molecule has 1 aliphatic rings. The van der Waals surface area contributed by atoms with Crippen LogP contribution in [-0.2, 0) is 16.0 Å². The molecule has 2 atom stereocenters. The van der Waals surface area contributed by atoms with Crippen molar-refractivity contribution in [2.24, 2.45) is 5.41 Å². The molecule has 0 saturated carbocycles. The number of halogens is 2. The summed E-state index contributed by atoms with van der Waals surface area (Å²) in [7, 11) is 0. The molecule has 0 aliphatic carbocycles. The standard InChI is InChI=1S/C13H14BrFO3/c1-8-13(12(16)17,4-5-18-8)7-9-2-3-11(15)10(14)6-9/h2-3,6,8H,4-5,7H2,1H3,(H,16,17). The van der Waals surface area contributed by atoms with Gasteiger partial charge in [-0.25, -0.2) is 4.39 Å². The van der Waals surface area contributed by atoms with Crippen LogP contribution in [-0.4, -0.2) is 23.8 Å². The fourth-order valence-corrected chi connectivity index (χ4v) is 2.81. The Labute approximate surface area is 113 Å². The molecule has 3 nitrogen and oxygen atoms in total. The van der Waals surface area contributed by atoms with Gasteiger partial charge in [0.25, 0.3) is 0 Å². The molecule has 0 amide bonds. The van der Waals surface area contributed by atoms with Gasteiger partial charge in [-0.2, -0.15) is 0 Å². The summed E-state index contributed by atoms with van der Waals surface area (Å²) in [5.41, 5.74) is -0.111. The van der Waals surface area contributed by atoms with E-state index in [4.69, 9.17) is 4.74 Å². The highest BCUT2D eigenvalue weighted by Crippen LogP contribution is 2.39. The number of carbonyl (C=O) groups is 1. The molecule has 18 heavy (non-hydrogen) atoms. The summed E-state index contributed by atoms with van der Waals surface area (Å²) >= 11 is 3.11. The Bertz CT molecular complexity index is 477. The molecule has 1 aromatic rings. The molecule has 5 heteroatoms. The van der Waals surface area contributed by atoms with Crippen LogP contribution in [0.1, 0.15) is 18.9 Å². The van der Waals surface area contributed by atoms with Crippen molar-refractivity contribution in [2.75, 3.05) is 6.61 Å². The molecule has 1 saturated heterocycles. The van der Waals surface area contributed by atoms with E-state index in [0.717, 1.165) is 5.56 Å². The molecule has 1 aromatic carbocycles. The van der Waals surface area contributed by atoms with Gasteiger partial charge in [0.1, 0.15) is 5.82 Å². The SMILES string of the molecule is CC1OCCC1(Cc1ccc(F)c(Br)c1)C(=O)O. The summed E-state index contributed by atoms with van der Waals surface area (Å²) in [5.74, 6) is -1.20. The fourth-order valence-electron chi connectivity index (χ4n) is 2.38. The van der Waals surface area contributed by atoms with Crippen molar-refractivity contribution in [3.05, 3.63) is 34.1 Å². The number of hydrogen-bond acceptors (Lipinski definition) is 2. The summed E-state index contributed by atoms with van der Waals surface area (Å²) < 4.78 is 18.9. The van der Waals surface area contributed by atoms with Gasteiger partial charge >= 0.3 is 5.97 Å². The lowest BCUT2D eigenvalue weighted by molar-refractivity contribution is -0.151. The third-order valence-electron chi connectivity index (χ3n) is 3.62. The highest BCUT2D eigenvalue weighted by Gasteiger charge is 2.48. The Morgan fingerprint density at radius 3 is 2.89 bits per heavy atom. The first-order chi connectivity index (χ1) is 8.45. The van der Waals surface area contributed by atoms with Crippen LogP contribution in [0.3, 0.4) is 0 Å². The third kappa shape index (κ3) is 2.29. The minimum atomic E-state index is -0.905. The molecular weight excluding hydrogens is 303 g/mol. The molecule has 0 bridgehead atoms. The van der Waals surface area contributed by atoms with Gasteiger partial charge in [-0.15, -0.1) is 0 Å². The van der Waals surface area contributed by atoms with Crippen molar-refractivity contribution in [1.82, 2.24) is 0 Å². The smallest absolute Gasteiger partial charge is 0.312 e. The maximum Gasteiger partial charge on any atom is 0.312 e. The summed E-state index contributed by atoms with van der Waals surface area (Å²) in [6, 6.07) is 4.59. The van der Waals surface area contributed by atoms with Gasteiger partial charge in [0.15, 0.2) is 0 Å². The van der Waals surface area contributed by atoms with E-state index >= 15 is 0 Å². The molecule has 2 unspecified atom stereocenters. The first-order valence-electron chi connectivity index (χ1n) is 5.74. The van der Waals surface area contributed by atoms with Crippen molar-refractivity contribution < 1.29 is 19.0 Å². The predicted molar refractivity (Wildman–Crippen MR) is 67.9 cm³/mol. The van der Waals surface area contributed by atoms with E-state index in [2.05, 4.69) is 15.9 Å². The van der Waals surface area contributed by atoms with E-state index in [0.29, 0.717) is 23.9 Å². The van der Waals surface area contributed by atoms with E-state index in [-0.39, 0.29) is 11.9 Å². The van der Waals surface area contributed by atoms with Crippen LogP contribution in [0.5, 0.6) is 0 Å². The average molecular weight is 317 g/mol. The maximum atomic E-state index is 13.2. The van der Waals surface area contributed by atoms with Crippen molar-refractivity contribution in [3.63, 3.8) is 0 Å². The third-order valence-corrected chi connectivity index (χ3v) is 4.23. The highest BCUT2D eigenvalue weighted by atomic mass is 79.9. The number of carboxylic acid groups (broad SMARTS) is 1. The quantitative estimate of drug-likeness (QED) is 0.932. The van der Waals surface area contributed by atoms with Crippen molar-refractivity contribution in [3.8, 4) is 0 Å². The molecule has 0 spiro atoms. The second kappa shape index (κ2) is 4.97. The lowest BCUT2D eigenvalue weighted by atomic mass is 9.76. The minimum absolute atomic E-state index is 0.334. The average Bonchev–Trinajstić information content (AvgIpc) is 2.67. The van der Waals surface area contributed by atoms with Crippen LogP contribution in [0.15, 0.2) is 22.7 Å². The molecule has 98 valence electrons. The van der Waals surface area contributed by atoms with E-state index in [1.165, 1.54) is 6.07 Å². The van der Waals surface area contributed by atoms with Gasteiger partial charge in [0.2, 0.25) is 0 Å². The highest BCUT2D eigenvalue weighted by molar-refractivity contribution is 9.10. The van der Waals surface area contributed by atoms with E-state index in [1.807, 2.05) is 0 Å². The minimum Gasteiger partial charge on any atom is -0.481 e. The monoisotopic (exact) mass is 316 g/mol. The second-order valence-electron chi connectivity index (χ2n) is 4.65. The van der Waals surface area contributed by atoms with E-state index in [1.54, 1.807) is 19.1 Å². The first kappa shape index (κ1) is 13.5. The Kier molecular flexibility index (Phi) is 3.73. The summed E-state index contributed by atoms with van der Waals surface area (Å²) in [4.78, 5) is 11.5. The van der Waals surface area contributed by atoms with Gasteiger partial charge in [-0.1, -0.05) is 6.07 Å². The van der Waals surface area contributed by atoms with E-state index < -0.39 is 11.4 Å². The largest absolute Gasteiger partial charge is 0.481 e. The van der Waals surface area contributed by atoms with Crippen LogP contribution in [0.4, 0.5) is 4.39 Å². The summed E-state index contributed by atoms with van der Waals surface area (Å²) in [5, 5.41) is 9.45. The van der Waals surface area contributed by atoms with Crippen LogP contribution >= 0.6 is 15.9 Å². The Balaban J connectivity index is 2.29. The summed E-state index contributed by atoms with van der Waals surface area (Å²) in [6.45, 7) is 2.23. The molecule has 1 N–H and O–H groups in total. The molecule has 1 aliphatic heterocycles. The van der Waals surface area contributed by atoms with Crippen molar-refractivity contribution in [1.29, 1.82) is 0 Å². The number of benzene rings is 1. The summed E-state index contributed by atoms with van der Waals surface area (Å²) in [6.07, 6.45) is 0.500. The number of rotatable bonds is 3.